The molecule has 0 aromatic rings. The summed E-state index contributed by atoms with van der Waals surface area (Å²) in [4.78, 5) is 13.8. The van der Waals surface area contributed by atoms with E-state index in [0.29, 0.717) is 6.10 Å². The molecule has 15 heavy (non-hydrogen) atoms. The summed E-state index contributed by atoms with van der Waals surface area (Å²) in [6.07, 6.45) is 3.58. The van der Waals surface area contributed by atoms with Crippen molar-refractivity contribution in [2.45, 2.75) is 38.4 Å². The number of hydrogen-bond acceptors (Lipinski definition) is 3. The lowest BCUT2D eigenvalue weighted by atomic mass is 9.96. The molecule has 1 aliphatic carbocycles. The maximum atomic E-state index is 11.9. The first-order valence-corrected chi connectivity index (χ1v) is 5.92. The van der Waals surface area contributed by atoms with Gasteiger partial charge in [0, 0.05) is 26.2 Å². The van der Waals surface area contributed by atoms with Crippen LogP contribution in [0.5, 0.6) is 0 Å². The Bertz CT molecular complexity index is 223. The van der Waals surface area contributed by atoms with Crippen LogP contribution in [0.15, 0.2) is 0 Å². The molecule has 1 saturated carbocycles. The normalized spacial score (nSPS) is 24.7. The van der Waals surface area contributed by atoms with Crippen LogP contribution in [-0.2, 0) is 9.53 Å². The minimum atomic E-state index is -0.256. The highest BCUT2D eigenvalue weighted by molar-refractivity contribution is 5.80. The van der Waals surface area contributed by atoms with Crippen LogP contribution in [0.1, 0.15) is 26.2 Å². The average molecular weight is 212 g/mol. The molecule has 1 heterocycles. The zero-order valence-corrected chi connectivity index (χ0v) is 9.37. The van der Waals surface area contributed by atoms with E-state index in [2.05, 4.69) is 5.32 Å². The van der Waals surface area contributed by atoms with Gasteiger partial charge in [0.1, 0.15) is 6.10 Å². The van der Waals surface area contributed by atoms with Crippen LogP contribution < -0.4 is 5.32 Å². The Hall–Kier alpha value is -0.610. The Balaban J connectivity index is 1.77. The fourth-order valence-corrected chi connectivity index (χ4v) is 2.00. The van der Waals surface area contributed by atoms with Crippen molar-refractivity contribution in [3.05, 3.63) is 0 Å². The number of ether oxygens (including phenoxy) is 1. The van der Waals surface area contributed by atoms with Crippen molar-refractivity contribution in [3.8, 4) is 0 Å². The van der Waals surface area contributed by atoms with E-state index in [0.717, 1.165) is 39.0 Å². The monoisotopic (exact) mass is 212 g/mol. The summed E-state index contributed by atoms with van der Waals surface area (Å²) in [5.74, 6) is 0.156. The van der Waals surface area contributed by atoms with Gasteiger partial charge < -0.3 is 15.0 Å². The lowest BCUT2D eigenvalue weighted by molar-refractivity contribution is -0.149. The van der Waals surface area contributed by atoms with Crippen molar-refractivity contribution >= 4 is 5.91 Å². The molecule has 2 aliphatic rings. The Kier molecular flexibility index (Phi) is 3.59. The minimum Gasteiger partial charge on any atom is -0.365 e. The summed E-state index contributed by atoms with van der Waals surface area (Å²) in [6, 6.07) is 0. The van der Waals surface area contributed by atoms with Gasteiger partial charge in [-0.25, -0.2) is 0 Å². The van der Waals surface area contributed by atoms with E-state index in [-0.39, 0.29) is 12.0 Å². The van der Waals surface area contributed by atoms with Gasteiger partial charge in [0.2, 0.25) is 0 Å². The standard InChI is InChI=1S/C11H20N2O2/c1-9(15-10-3-2-4-10)11(14)13-7-5-12-6-8-13/h9-10,12H,2-8H2,1H3. The molecule has 4 nitrogen and oxygen atoms in total. The van der Waals surface area contributed by atoms with Crippen LogP contribution in [0.4, 0.5) is 0 Å². The van der Waals surface area contributed by atoms with E-state index < -0.39 is 0 Å². The van der Waals surface area contributed by atoms with E-state index in [4.69, 9.17) is 4.74 Å². The van der Waals surface area contributed by atoms with E-state index in [9.17, 15) is 4.79 Å². The summed E-state index contributed by atoms with van der Waals surface area (Å²) >= 11 is 0. The fraction of sp³-hybridized carbons (Fsp3) is 0.909. The van der Waals surface area contributed by atoms with Gasteiger partial charge in [0.15, 0.2) is 0 Å². The second kappa shape index (κ2) is 4.94. The highest BCUT2D eigenvalue weighted by Gasteiger charge is 2.27. The van der Waals surface area contributed by atoms with Crippen LogP contribution in [-0.4, -0.2) is 49.2 Å². The van der Waals surface area contributed by atoms with E-state index in [1.807, 2.05) is 11.8 Å². The number of amides is 1. The third kappa shape index (κ3) is 2.69. The lowest BCUT2D eigenvalue weighted by Gasteiger charge is -2.33. The van der Waals surface area contributed by atoms with E-state index >= 15 is 0 Å². The SMILES string of the molecule is CC(OC1CCC1)C(=O)N1CCNCC1. The molecule has 1 unspecified atom stereocenters. The largest absolute Gasteiger partial charge is 0.365 e. The molecule has 0 bridgehead atoms. The molecule has 4 heteroatoms. The van der Waals surface area contributed by atoms with Crippen LogP contribution in [0.25, 0.3) is 0 Å². The number of piperazine rings is 1. The van der Waals surface area contributed by atoms with Crippen LogP contribution in [0.3, 0.4) is 0 Å². The van der Waals surface area contributed by atoms with E-state index in [1.54, 1.807) is 0 Å². The van der Waals surface area contributed by atoms with Crippen molar-refractivity contribution in [1.29, 1.82) is 0 Å². The summed E-state index contributed by atoms with van der Waals surface area (Å²) < 4.78 is 5.69. The molecule has 0 spiro atoms. The molecular formula is C11H20N2O2. The van der Waals surface area contributed by atoms with Gasteiger partial charge in [-0.1, -0.05) is 0 Å². The molecule has 1 aliphatic heterocycles. The zero-order valence-electron chi connectivity index (χ0n) is 9.37. The minimum absolute atomic E-state index is 0.156. The van der Waals surface area contributed by atoms with Crippen molar-refractivity contribution in [3.63, 3.8) is 0 Å². The molecule has 1 saturated heterocycles. The highest BCUT2D eigenvalue weighted by atomic mass is 16.5. The first-order chi connectivity index (χ1) is 7.27. The van der Waals surface area contributed by atoms with Gasteiger partial charge in [-0.05, 0) is 26.2 Å². The molecule has 0 radical (unpaired) electrons. The molecule has 86 valence electrons. The number of nitrogens with one attached hydrogen (secondary N) is 1. The van der Waals surface area contributed by atoms with Crippen LogP contribution in [0, 0.1) is 0 Å². The third-order valence-electron chi connectivity index (χ3n) is 3.23. The van der Waals surface area contributed by atoms with Crippen LogP contribution >= 0.6 is 0 Å². The molecule has 0 aromatic carbocycles. The highest BCUT2D eigenvalue weighted by Crippen LogP contribution is 2.23. The Morgan fingerprint density at radius 1 is 1.40 bits per heavy atom. The first-order valence-electron chi connectivity index (χ1n) is 5.92. The lowest BCUT2D eigenvalue weighted by Crippen LogP contribution is -2.50. The first kappa shape index (κ1) is 10.9. The Labute approximate surface area is 91.0 Å². The van der Waals surface area contributed by atoms with Gasteiger partial charge in [-0.2, -0.15) is 0 Å². The second-order valence-corrected chi connectivity index (χ2v) is 4.41. The summed E-state index contributed by atoms with van der Waals surface area (Å²) in [5, 5.41) is 3.24. The Morgan fingerprint density at radius 2 is 2.07 bits per heavy atom. The number of carbonyl (C=O) groups excluding carboxylic acids is 1. The maximum absolute atomic E-state index is 11.9. The van der Waals surface area contributed by atoms with Crippen molar-refractivity contribution in [2.24, 2.45) is 0 Å². The topological polar surface area (TPSA) is 41.6 Å². The second-order valence-electron chi connectivity index (χ2n) is 4.41. The van der Waals surface area contributed by atoms with Crippen molar-refractivity contribution in [2.75, 3.05) is 26.2 Å². The predicted octanol–water partition coefficient (Wildman–Crippen LogP) is 0.376. The average Bonchev–Trinajstić information content (AvgIpc) is 2.23. The molecule has 1 amide bonds. The smallest absolute Gasteiger partial charge is 0.251 e. The number of rotatable bonds is 3. The summed E-state index contributed by atoms with van der Waals surface area (Å²) in [6.45, 7) is 5.32. The van der Waals surface area contributed by atoms with Crippen molar-refractivity contribution < 1.29 is 9.53 Å². The summed E-state index contributed by atoms with van der Waals surface area (Å²) in [7, 11) is 0. The maximum Gasteiger partial charge on any atom is 0.251 e. The van der Waals surface area contributed by atoms with Gasteiger partial charge >= 0.3 is 0 Å². The predicted molar refractivity (Wildman–Crippen MR) is 57.6 cm³/mol. The molecular weight excluding hydrogens is 192 g/mol. The number of nitrogens with zero attached hydrogens (tertiary/aromatic N) is 1. The van der Waals surface area contributed by atoms with Crippen molar-refractivity contribution in [1.82, 2.24) is 10.2 Å². The van der Waals surface area contributed by atoms with E-state index in [1.165, 1.54) is 6.42 Å². The number of carbonyl (C=O) groups is 1. The third-order valence-corrected chi connectivity index (χ3v) is 3.23. The molecule has 1 N–H and O–H groups in total. The number of hydrogen-bond donors (Lipinski definition) is 1. The Morgan fingerprint density at radius 3 is 2.60 bits per heavy atom. The van der Waals surface area contributed by atoms with Crippen LogP contribution in [0.2, 0.25) is 0 Å². The van der Waals surface area contributed by atoms with Gasteiger partial charge in [-0.3, -0.25) is 4.79 Å². The molecule has 1 atom stereocenters. The molecule has 0 aromatic heterocycles. The van der Waals surface area contributed by atoms with Gasteiger partial charge in [-0.15, -0.1) is 0 Å². The zero-order chi connectivity index (χ0) is 10.7. The quantitative estimate of drug-likeness (QED) is 0.735. The van der Waals surface area contributed by atoms with Gasteiger partial charge in [0.25, 0.3) is 5.91 Å². The molecule has 2 fully saturated rings. The van der Waals surface area contributed by atoms with Gasteiger partial charge in [0.05, 0.1) is 6.10 Å². The fourth-order valence-electron chi connectivity index (χ4n) is 2.00. The molecule has 2 rings (SSSR count). The summed E-state index contributed by atoms with van der Waals surface area (Å²) in [5.41, 5.74) is 0.